The van der Waals surface area contributed by atoms with E-state index in [1.165, 1.54) is 0 Å². The Hall–Kier alpha value is -0.440. The summed E-state index contributed by atoms with van der Waals surface area (Å²) in [6, 6.07) is 7.02. The summed E-state index contributed by atoms with van der Waals surface area (Å²) >= 11 is 0. The molecule has 0 spiro atoms. The monoisotopic (exact) mass is 374 g/mol. The van der Waals surface area contributed by atoms with Gasteiger partial charge in [0.2, 0.25) is 0 Å². The Morgan fingerprint density at radius 1 is 0.792 bits per heavy atom. The maximum absolute atomic E-state index is 13.1. The zero-order chi connectivity index (χ0) is 18.3. The predicted molar refractivity (Wildman–Crippen MR) is 107 cm³/mol. The molecular weight excluding hydrogens is 339 g/mol. The van der Waals surface area contributed by atoms with Gasteiger partial charge >= 0.3 is 149 Å². The van der Waals surface area contributed by atoms with Gasteiger partial charge in [0, 0.05) is 0 Å². The van der Waals surface area contributed by atoms with Gasteiger partial charge < -0.3 is 0 Å². The van der Waals surface area contributed by atoms with Crippen LogP contribution in [0.4, 0.5) is 0 Å². The van der Waals surface area contributed by atoms with Crippen LogP contribution in [0.1, 0.15) is 58.9 Å². The Morgan fingerprint density at radius 3 is 1.50 bits per heavy atom. The molecule has 0 N–H and O–H groups in total. The van der Waals surface area contributed by atoms with Crippen LogP contribution in [0.3, 0.4) is 0 Å². The van der Waals surface area contributed by atoms with Gasteiger partial charge in [-0.3, -0.25) is 0 Å². The van der Waals surface area contributed by atoms with E-state index >= 15 is 0 Å². The molecule has 3 nitrogen and oxygen atoms in total. The summed E-state index contributed by atoms with van der Waals surface area (Å²) in [5, 5.41) is 0. The molecule has 140 valence electrons. The standard InChI is InChI=1S/C19H35O3PS/c1-6-14-23(15-7-2,16-8-3,17-9-4)22-24(20,21)19-12-10-18(5)11-13-19/h10-13H,6-9,14-17H2,1-5H3. The normalized spacial score (nSPS) is 14.3. The van der Waals surface area contributed by atoms with E-state index in [2.05, 4.69) is 27.7 Å². The summed E-state index contributed by atoms with van der Waals surface area (Å²) in [5.74, 6) is 0. The average molecular weight is 375 g/mol. The Kier molecular flexibility index (Phi) is 7.90. The third-order valence-corrected chi connectivity index (χ3v) is 14.4. The molecule has 0 heterocycles. The molecule has 0 aliphatic rings. The van der Waals surface area contributed by atoms with E-state index < -0.39 is 16.9 Å². The van der Waals surface area contributed by atoms with E-state index in [-0.39, 0.29) is 0 Å². The van der Waals surface area contributed by atoms with Crippen LogP contribution in [-0.4, -0.2) is 33.1 Å². The number of benzene rings is 1. The fourth-order valence-electron chi connectivity index (χ4n) is 4.11. The van der Waals surface area contributed by atoms with Gasteiger partial charge in [0.15, 0.2) is 0 Å². The van der Waals surface area contributed by atoms with E-state index in [1.54, 1.807) is 12.1 Å². The van der Waals surface area contributed by atoms with Gasteiger partial charge in [-0.1, -0.05) is 0 Å². The molecule has 1 aromatic rings. The number of hydrogen-bond acceptors (Lipinski definition) is 3. The fraction of sp³-hybridized carbons (Fsp3) is 0.684. The SMILES string of the molecule is CCCP(CCC)(CCC)(CCC)OS(=O)(=O)c1ccc(C)cc1. The fourth-order valence-corrected chi connectivity index (χ4v) is 14.2. The topological polar surface area (TPSA) is 43.4 Å². The van der Waals surface area contributed by atoms with E-state index in [4.69, 9.17) is 3.97 Å². The minimum absolute atomic E-state index is 0.293. The van der Waals surface area contributed by atoms with E-state index in [0.29, 0.717) is 4.90 Å². The van der Waals surface area contributed by atoms with Crippen LogP contribution >= 0.6 is 6.83 Å². The van der Waals surface area contributed by atoms with Crippen molar-refractivity contribution >= 4 is 16.9 Å². The summed E-state index contributed by atoms with van der Waals surface area (Å²) in [5.41, 5.74) is 1.05. The zero-order valence-electron chi connectivity index (χ0n) is 16.0. The van der Waals surface area contributed by atoms with Gasteiger partial charge in [-0.05, 0) is 0 Å². The van der Waals surface area contributed by atoms with Crippen molar-refractivity contribution in [2.24, 2.45) is 0 Å². The molecule has 0 saturated carbocycles. The molecule has 24 heavy (non-hydrogen) atoms. The number of rotatable bonds is 11. The van der Waals surface area contributed by atoms with Crippen molar-refractivity contribution in [1.29, 1.82) is 0 Å². The van der Waals surface area contributed by atoms with Crippen molar-refractivity contribution in [3.8, 4) is 0 Å². The zero-order valence-corrected chi connectivity index (χ0v) is 17.8. The van der Waals surface area contributed by atoms with Crippen LogP contribution in [0.25, 0.3) is 0 Å². The first-order valence-electron chi connectivity index (χ1n) is 9.30. The second kappa shape index (κ2) is 8.78. The summed E-state index contributed by atoms with van der Waals surface area (Å²) < 4.78 is 32.5. The molecule has 5 heteroatoms. The first kappa shape index (κ1) is 21.6. The molecular formula is C19H35O3PS. The second-order valence-electron chi connectivity index (χ2n) is 7.09. The maximum atomic E-state index is 13.1. The quantitative estimate of drug-likeness (QED) is 0.459. The van der Waals surface area contributed by atoms with Crippen molar-refractivity contribution in [3.05, 3.63) is 29.8 Å². The van der Waals surface area contributed by atoms with Gasteiger partial charge in [0.05, 0.1) is 0 Å². The van der Waals surface area contributed by atoms with Crippen LogP contribution in [-0.2, 0) is 14.1 Å². The van der Waals surface area contributed by atoms with Crippen molar-refractivity contribution in [2.75, 3.05) is 24.6 Å². The molecule has 1 rings (SSSR count). The van der Waals surface area contributed by atoms with Gasteiger partial charge in [-0.2, -0.15) is 0 Å². The third kappa shape index (κ3) is 5.03. The van der Waals surface area contributed by atoms with Crippen LogP contribution in [0, 0.1) is 6.92 Å². The summed E-state index contributed by atoms with van der Waals surface area (Å²) in [6.45, 7) is 7.77. The Morgan fingerprint density at radius 2 is 1.17 bits per heavy atom. The molecule has 0 aliphatic carbocycles. The predicted octanol–water partition coefficient (Wildman–Crippen LogP) is 5.81. The Bertz CT molecular complexity index is 572. The second-order valence-corrected chi connectivity index (χ2v) is 14.6. The molecule has 0 atom stereocenters. The molecule has 0 saturated heterocycles. The van der Waals surface area contributed by atoms with Crippen molar-refractivity contribution in [1.82, 2.24) is 0 Å². The van der Waals surface area contributed by atoms with Crippen LogP contribution in [0.5, 0.6) is 0 Å². The first-order valence-corrected chi connectivity index (χ1v) is 13.6. The van der Waals surface area contributed by atoms with E-state index in [0.717, 1.165) is 55.9 Å². The molecule has 1 aromatic carbocycles. The number of aryl methyl sites for hydroxylation is 1. The summed E-state index contributed by atoms with van der Waals surface area (Å²) in [4.78, 5) is 0.293. The number of hydrogen-bond donors (Lipinski definition) is 0. The van der Waals surface area contributed by atoms with Gasteiger partial charge in [-0.25, -0.2) is 0 Å². The summed E-state index contributed by atoms with van der Waals surface area (Å²) in [6.07, 6.45) is 7.53. The van der Waals surface area contributed by atoms with Gasteiger partial charge in [0.25, 0.3) is 0 Å². The van der Waals surface area contributed by atoms with Crippen LogP contribution < -0.4 is 0 Å². The van der Waals surface area contributed by atoms with E-state index in [9.17, 15) is 8.42 Å². The van der Waals surface area contributed by atoms with Crippen LogP contribution in [0.15, 0.2) is 29.2 Å². The third-order valence-electron chi connectivity index (χ3n) is 4.78. The molecule has 0 fully saturated rings. The van der Waals surface area contributed by atoms with Crippen molar-refractivity contribution in [3.63, 3.8) is 0 Å². The van der Waals surface area contributed by atoms with Crippen LogP contribution in [0.2, 0.25) is 0 Å². The molecule has 0 unspecified atom stereocenters. The van der Waals surface area contributed by atoms with Crippen molar-refractivity contribution < 1.29 is 12.4 Å². The molecule has 0 aliphatic heterocycles. The Labute approximate surface area is 149 Å². The minimum atomic E-state index is -3.72. The summed E-state index contributed by atoms with van der Waals surface area (Å²) in [7, 11) is -3.72. The van der Waals surface area contributed by atoms with E-state index in [1.807, 2.05) is 19.1 Å². The van der Waals surface area contributed by atoms with Crippen molar-refractivity contribution in [2.45, 2.75) is 65.2 Å². The first-order chi connectivity index (χ1) is 11.3. The molecule has 0 aromatic heterocycles. The van der Waals surface area contributed by atoms with Gasteiger partial charge in [0.1, 0.15) is 0 Å². The Balaban J connectivity index is 3.39. The average Bonchev–Trinajstić information content (AvgIpc) is 2.48. The molecule has 0 radical (unpaired) electrons. The molecule has 0 bridgehead atoms. The van der Waals surface area contributed by atoms with Gasteiger partial charge in [-0.15, -0.1) is 0 Å². The molecule has 0 amide bonds.